The first-order chi connectivity index (χ1) is 12.2. The molecule has 134 valence electrons. The Bertz CT molecular complexity index is 702. The van der Waals surface area contributed by atoms with Crippen molar-refractivity contribution in [1.29, 1.82) is 0 Å². The molecule has 1 saturated heterocycles. The predicted molar refractivity (Wildman–Crippen MR) is 88.7 cm³/mol. The van der Waals surface area contributed by atoms with Gasteiger partial charge in [0.25, 0.3) is 0 Å². The lowest BCUT2D eigenvalue weighted by Gasteiger charge is -2.30. The molecule has 1 aromatic carbocycles. The highest BCUT2D eigenvalue weighted by Crippen LogP contribution is 2.26. The van der Waals surface area contributed by atoms with E-state index in [1.54, 1.807) is 12.1 Å². The van der Waals surface area contributed by atoms with Gasteiger partial charge in [0.2, 0.25) is 11.8 Å². The molecular weight excluding hydrogens is 325 g/mol. The molecule has 0 radical (unpaired) electrons. The smallest absolute Gasteiger partial charge is 0.231 e. The van der Waals surface area contributed by atoms with Crippen LogP contribution in [0.4, 0.5) is 4.39 Å². The maximum atomic E-state index is 12.8. The molecule has 1 amide bonds. The summed E-state index contributed by atoms with van der Waals surface area (Å²) in [6.45, 7) is 3.70. The molecule has 0 N–H and O–H groups in total. The minimum Gasteiger partial charge on any atom is -0.493 e. The number of aromatic nitrogens is 2. The topological polar surface area (TPSA) is 68.5 Å². The minimum absolute atomic E-state index is 0.100. The van der Waals surface area contributed by atoms with Gasteiger partial charge in [0.05, 0.1) is 12.5 Å². The number of carbonyl (C=O) groups excluding carboxylic acids is 1. The van der Waals surface area contributed by atoms with Crippen molar-refractivity contribution in [2.45, 2.75) is 38.5 Å². The molecule has 1 aliphatic rings. The van der Waals surface area contributed by atoms with Crippen molar-refractivity contribution in [1.82, 2.24) is 15.0 Å². The molecular formula is C18H22FN3O3. The third-order valence-electron chi connectivity index (χ3n) is 4.32. The van der Waals surface area contributed by atoms with Crippen LogP contribution in [-0.4, -0.2) is 40.6 Å². The van der Waals surface area contributed by atoms with Crippen molar-refractivity contribution in [3.63, 3.8) is 0 Å². The van der Waals surface area contributed by atoms with Crippen molar-refractivity contribution in [2.75, 3.05) is 19.7 Å². The van der Waals surface area contributed by atoms with E-state index in [1.165, 1.54) is 12.1 Å². The Morgan fingerprint density at radius 1 is 1.40 bits per heavy atom. The number of benzene rings is 1. The third-order valence-corrected chi connectivity index (χ3v) is 4.32. The normalized spacial score (nSPS) is 17.5. The number of likely N-dealkylation sites (tertiary alicyclic amines) is 1. The van der Waals surface area contributed by atoms with Crippen LogP contribution in [0.3, 0.4) is 0 Å². The van der Waals surface area contributed by atoms with Gasteiger partial charge in [-0.1, -0.05) is 12.1 Å². The molecule has 6 nitrogen and oxygen atoms in total. The Labute approximate surface area is 146 Å². The summed E-state index contributed by atoms with van der Waals surface area (Å²) in [5, 5.41) is 4.00. The highest BCUT2D eigenvalue weighted by Gasteiger charge is 2.27. The summed E-state index contributed by atoms with van der Waals surface area (Å²) in [5.74, 6) is 1.74. The molecule has 0 saturated carbocycles. The fourth-order valence-electron chi connectivity index (χ4n) is 2.95. The zero-order valence-electron chi connectivity index (χ0n) is 14.3. The summed E-state index contributed by atoms with van der Waals surface area (Å²) in [5.41, 5.74) is 0. The van der Waals surface area contributed by atoms with Crippen LogP contribution >= 0.6 is 0 Å². The lowest BCUT2D eigenvalue weighted by Crippen LogP contribution is -2.38. The van der Waals surface area contributed by atoms with Crippen molar-refractivity contribution < 1.29 is 18.4 Å². The molecule has 2 aromatic rings. The van der Waals surface area contributed by atoms with Gasteiger partial charge >= 0.3 is 0 Å². The number of nitrogens with zero attached hydrogens (tertiary/aromatic N) is 3. The summed E-state index contributed by atoms with van der Waals surface area (Å²) in [6.07, 6.45) is 2.91. The molecule has 0 spiro atoms. The fraction of sp³-hybridized carbons (Fsp3) is 0.500. The van der Waals surface area contributed by atoms with E-state index in [2.05, 4.69) is 10.1 Å². The average molecular weight is 347 g/mol. The van der Waals surface area contributed by atoms with E-state index < -0.39 is 0 Å². The summed E-state index contributed by atoms with van der Waals surface area (Å²) in [4.78, 5) is 18.2. The van der Waals surface area contributed by atoms with E-state index in [1.807, 2.05) is 11.8 Å². The first kappa shape index (κ1) is 17.4. The van der Waals surface area contributed by atoms with E-state index in [-0.39, 0.29) is 17.6 Å². The summed E-state index contributed by atoms with van der Waals surface area (Å²) < 4.78 is 23.8. The number of rotatable bonds is 6. The summed E-state index contributed by atoms with van der Waals surface area (Å²) in [7, 11) is 0. The highest BCUT2D eigenvalue weighted by atomic mass is 19.1. The zero-order chi connectivity index (χ0) is 17.6. The zero-order valence-corrected chi connectivity index (χ0v) is 14.3. The molecule has 25 heavy (non-hydrogen) atoms. The van der Waals surface area contributed by atoms with Crippen molar-refractivity contribution >= 4 is 5.91 Å². The Hall–Kier alpha value is -2.44. The molecule has 1 atom stereocenters. The second-order valence-electron chi connectivity index (χ2n) is 6.13. The van der Waals surface area contributed by atoms with Gasteiger partial charge in [-0.15, -0.1) is 0 Å². The monoisotopic (exact) mass is 347 g/mol. The fourth-order valence-corrected chi connectivity index (χ4v) is 2.95. The van der Waals surface area contributed by atoms with Gasteiger partial charge in [-0.25, -0.2) is 4.39 Å². The molecule has 3 rings (SSSR count). The van der Waals surface area contributed by atoms with Gasteiger partial charge < -0.3 is 14.2 Å². The molecule has 1 aromatic heterocycles. The number of piperidine rings is 1. The van der Waals surface area contributed by atoms with Crippen molar-refractivity contribution in [3.8, 4) is 5.75 Å². The molecule has 0 bridgehead atoms. The standard InChI is InChI=1S/C18H22FN3O3/c1-2-17(23)22-10-3-4-13(12-22)18-20-16(21-25-18)9-11-24-15-7-5-14(19)6-8-15/h5-8,13H,2-4,9-12H2,1H3. The molecule has 1 fully saturated rings. The van der Waals surface area contributed by atoms with Gasteiger partial charge in [-0.3, -0.25) is 4.79 Å². The maximum absolute atomic E-state index is 12.8. The van der Waals surface area contributed by atoms with Crippen molar-refractivity contribution in [2.24, 2.45) is 0 Å². The Balaban J connectivity index is 1.51. The minimum atomic E-state index is -0.293. The van der Waals surface area contributed by atoms with Crippen LogP contribution < -0.4 is 4.74 Å². The van der Waals surface area contributed by atoms with Crippen LogP contribution in [-0.2, 0) is 11.2 Å². The molecule has 0 aliphatic carbocycles. The van der Waals surface area contributed by atoms with Gasteiger partial charge in [0.15, 0.2) is 5.82 Å². The number of carbonyl (C=O) groups is 1. The van der Waals surface area contributed by atoms with Gasteiger partial charge in [-0.05, 0) is 37.1 Å². The average Bonchev–Trinajstić information content (AvgIpc) is 3.12. The van der Waals surface area contributed by atoms with Crippen LogP contribution in [0.15, 0.2) is 28.8 Å². The number of ether oxygens (including phenoxy) is 1. The van der Waals surface area contributed by atoms with Crippen LogP contribution in [0.2, 0.25) is 0 Å². The summed E-state index contributed by atoms with van der Waals surface area (Å²) in [6, 6.07) is 5.87. The number of hydrogen-bond donors (Lipinski definition) is 0. The molecule has 7 heteroatoms. The molecule has 2 heterocycles. The van der Waals surface area contributed by atoms with Crippen LogP contribution in [0.1, 0.15) is 43.8 Å². The van der Waals surface area contributed by atoms with Crippen LogP contribution in [0.5, 0.6) is 5.75 Å². The van der Waals surface area contributed by atoms with Gasteiger partial charge in [0, 0.05) is 25.9 Å². The quantitative estimate of drug-likeness (QED) is 0.804. The van der Waals surface area contributed by atoms with E-state index in [4.69, 9.17) is 9.26 Å². The maximum Gasteiger partial charge on any atom is 0.231 e. The Kier molecular flexibility index (Phi) is 5.63. The first-order valence-corrected chi connectivity index (χ1v) is 8.64. The lowest BCUT2D eigenvalue weighted by molar-refractivity contribution is -0.132. The van der Waals surface area contributed by atoms with E-state index >= 15 is 0 Å². The van der Waals surface area contributed by atoms with E-state index in [0.29, 0.717) is 43.5 Å². The van der Waals surface area contributed by atoms with Gasteiger partial charge in [0.1, 0.15) is 11.6 Å². The largest absolute Gasteiger partial charge is 0.493 e. The molecule has 1 unspecified atom stereocenters. The lowest BCUT2D eigenvalue weighted by atomic mass is 9.98. The second kappa shape index (κ2) is 8.09. The summed E-state index contributed by atoms with van der Waals surface area (Å²) >= 11 is 0. The second-order valence-corrected chi connectivity index (χ2v) is 6.13. The van der Waals surface area contributed by atoms with E-state index in [9.17, 15) is 9.18 Å². The SMILES string of the molecule is CCC(=O)N1CCCC(c2nc(CCOc3ccc(F)cc3)no2)C1. The number of amides is 1. The first-order valence-electron chi connectivity index (χ1n) is 8.64. The Morgan fingerprint density at radius 3 is 2.96 bits per heavy atom. The Morgan fingerprint density at radius 2 is 2.20 bits per heavy atom. The third kappa shape index (κ3) is 4.55. The van der Waals surface area contributed by atoms with Crippen LogP contribution in [0, 0.1) is 5.82 Å². The highest BCUT2D eigenvalue weighted by molar-refractivity contribution is 5.75. The van der Waals surface area contributed by atoms with Crippen molar-refractivity contribution in [3.05, 3.63) is 41.8 Å². The van der Waals surface area contributed by atoms with E-state index in [0.717, 1.165) is 19.4 Å². The molecule has 1 aliphatic heterocycles. The van der Waals surface area contributed by atoms with Gasteiger partial charge in [-0.2, -0.15) is 4.98 Å². The van der Waals surface area contributed by atoms with Crippen LogP contribution in [0.25, 0.3) is 0 Å². The number of hydrogen-bond acceptors (Lipinski definition) is 5. The number of halogens is 1. The predicted octanol–water partition coefficient (Wildman–Crippen LogP) is 2.95.